The van der Waals surface area contributed by atoms with Crippen molar-refractivity contribution in [1.29, 1.82) is 0 Å². The number of rotatable bonds is 2. The van der Waals surface area contributed by atoms with E-state index in [0.717, 1.165) is 5.56 Å². The Labute approximate surface area is 97.9 Å². The first-order chi connectivity index (χ1) is 8.06. The molecule has 0 saturated heterocycles. The molecule has 1 aromatic heterocycles. The molecule has 2 N–H and O–H groups in total. The first kappa shape index (κ1) is 11.4. The van der Waals surface area contributed by atoms with Gasteiger partial charge < -0.3 is 10.1 Å². The molecule has 0 bridgehead atoms. The summed E-state index contributed by atoms with van der Waals surface area (Å²) in [5, 5.41) is 10.9. The Morgan fingerprint density at radius 1 is 1.47 bits per heavy atom. The number of aryl methyl sites for hydroxylation is 1. The van der Waals surface area contributed by atoms with E-state index >= 15 is 0 Å². The standard InChI is InChI=1S/C13H13NO3/c1-3-8-6-9-4-5-14-13(17)11(9)12(16)10(8)7(2)15/h4-6,16H,3H2,1-2H3,(H,14,17). The number of phenols is 1. The van der Waals surface area contributed by atoms with Gasteiger partial charge in [-0.2, -0.15) is 0 Å². The highest BCUT2D eigenvalue weighted by atomic mass is 16.3. The molecule has 88 valence electrons. The maximum Gasteiger partial charge on any atom is 0.259 e. The quantitative estimate of drug-likeness (QED) is 0.776. The number of ketones is 1. The van der Waals surface area contributed by atoms with Crippen molar-refractivity contribution >= 4 is 16.6 Å². The molecular weight excluding hydrogens is 218 g/mol. The fourth-order valence-electron chi connectivity index (χ4n) is 2.07. The molecule has 0 amide bonds. The Morgan fingerprint density at radius 2 is 2.18 bits per heavy atom. The molecule has 17 heavy (non-hydrogen) atoms. The lowest BCUT2D eigenvalue weighted by Gasteiger charge is -2.10. The smallest absolute Gasteiger partial charge is 0.259 e. The molecule has 1 aromatic carbocycles. The number of aromatic hydroxyl groups is 1. The first-order valence-corrected chi connectivity index (χ1v) is 5.43. The number of nitrogens with one attached hydrogen (secondary N) is 1. The average molecular weight is 231 g/mol. The van der Waals surface area contributed by atoms with Crippen LogP contribution in [0.15, 0.2) is 23.1 Å². The molecule has 2 rings (SSSR count). The lowest BCUT2D eigenvalue weighted by Crippen LogP contribution is -2.08. The Balaban J connectivity index is 2.99. The van der Waals surface area contributed by atoms with Crippen LogP contribution >= 0.6 is 0 Å². The molecule has 0 saturated carbocycles. The van der Waals surface area contributed by atoms with Crippen LogP contribution in [-0.4, -0.2) is 15.9 Å². The van der Waals surface area contributed by atoms with Gasteiger partial charge in [0.25, 0.3) is 5.56 Å². The molecule has 1 heterocycles. The van der Waals surface area contributed by atoms with E-state index in [2.05, 4.69) is 4.98 Å². The number of benzene rings is 1. The molecule has 0 atom stereocenters. The lowest BCUT2D eigenvalue weighted by molar-refractivity contribution is 0.101. The van der Waals surface area contributed by atoms with Crippen molar-refractivity contribution < 1.29 is 9.90 Å². The monoisotopic (exact) mass is 231 g/mol. The van der Waals surface area contributed by atoms with Crippen LogP contribution in [0.4, 0.5) is 0 Å². The number of H-pyrrole nitrogens is 1. The van der Waals surface area contributed by atoms with Gasteiger partial charge in [0.05, 0.1) is 10.9 Å². The summed E-state index contributed by atoms with van der Waals surface area (Å²) in [7, 11) is 0. The summed E-state index contributed by atoms with van der Waals surface area (Å²) in [4.78, 5) is 25.7. The fraction of sp³-hybridized carbons (Fsp3) is 0.231. The molecule has 0 radical (unpaired) electrons. The molecule has 0 fully saturated rings. The van der Waals surface area contributed by atoms with E-state index in [0.29, 0.717) is 11.8 Å². The van der Waals surface area contributed by atoms with E-state index in [9.17, 15) is 14.7 Å². The summed E-state index contributed by atoms with van der Waals surface area (Å²) < 4.78 is 0. The predicted octanol–water partition coefficient (Wildman–Crippen LogP) is 2.00. The van der Waals surface area contributed by atoms with Crippen LogP contribution in [0.25, 0.3) is 10.8 Å². The molecule has 4 heteroatoms. The van der Waals surface area contributed by atoms with E-state index in [1.807, 2.05) is 6.92 Å². The van der Waals surface area contributed by atoms with E-state index in [4.69, 9.17) is 0 Å². The summed E-state index contributed by atoms with van der Waals surface area (Å²) in [5.74, 6) is -0.446. The summed E-state index contributed by atoms with van der Waals surface area (Å²) in [5.41, 5.74) is 0.620. The van der Waals surface area contributed by atoms with Gasteiger partial charge in [0.2, 0.25) is 0 Å². The number of hydrogen-bond acceptors (Lipinski definition) is 3. The number of carbonyl (C=O) groups excluding carboxylic acids is 1. The molecule has 0 aliphatic rings. The summed E-state index contributed by atoms with van der Waals surface area (Å²) >= 11 is 0. The Bertz CT molecular complexity index is 655. The lowest BCUT2D eigenvalue weighted by atomic mass is 9.96. The van der Waals surface area contributed by atoms with Crippen LogP contribution in [0.5, 0.6) is 5.75 Å². The Kier molecular flexibility index (Phi) is 2.71. The number of pyridine rings is 1. The molecule has 2 aromatic rings. The SMILES string of the molecule is CCc1cc2cc[nH]c(=O)c2c(O)c1C(C)=O. The van der Waals surface area contributed by atoms with Crippen LogP contribution in [0.3, 0.4) is 0 Å². The molecule has 0 aliphatic heterocycles. The van der Waals surface area contributed by atoms with Gasteiger partial charge in [-0.1, -0.05) is 6.92 Å². The molecular formula is C13H13NO3. The summed E-state index contributed by atoms with van der Waals surface area (Å²) in [6.07, 6.45) is 2.15. The van der Waals surface area contributed by atoms with Gasteiger partial charge in [-0.3, -0.25) is 9.59 Å². The largest absolute Gasteiger partial charge is 0.506 e. The first-order valence-electron chi connectivity index (χ1n) is 5.43. The van der Waals surface area contributed by atoms with Crippen molar-refractivity contribution in [1.82, 2.24) is 4.98 Å². The van der Waals surface area contributed by atoms with Crippen molar-refractivity contribution in [3.8, 4) is 5.75 Å². The van der Waals surface area contributed by atoms with Crippen molar-refractivity contribution in [3.63, 3.8) is 0 Å². The van der Waals surface area contributed by atoms with Gasteiger partial charge in [0, 0.05) is 6.20 Å². The van der Waals surface area contributed by atoms with Gasteiger partial charge >= 0.3 is 0 Å². The molecule has 0 spiro atoms. The second-order valence-electron chi connectivity index (χ2n) is 3.94. The van der Waals surface area contributed by atoms with Crippen molar-refractivity contribution in [2.45, 2.75) is 20.3 Å². The normalized spacial score (nSPS) is 10.7. The van der Waals surface area contributed by atoms with Crippen LogP contribution in [0.1, 0.15) is 29.8 Å². The topological polar surface area (TPSA) is 70.2 Å². The predicted molar refractivity (Wildman–Crippen MR) is 65.6 cm³/mol. The van der Waals surface area contributed by atoms with Crippen LogP contribution in [-0.2, 0) is 6.42 Å². The highest BCUT2D eigenvalue weighted by Crippen LogP contribution is 2.30. The van der Waals surface area contributed by atoms with Crippen molar-refractivity contribution in [2.75, 3.05) is 0 Å². The zero-order valence-electron chi connectivity index (χ0n) is 9.70. The van der Waals surface area contributed by atoms with E-state index in [1.165, 1.54) is 13.1 Å². The summed E-state index contributed by atoms with van der Waals surface area (Å²) in [6, 6.07) is 3.49. The van der Waals surface area contributed by atoms with Gasteiger partial charge in [0.1, 0.15) is 5.75 Å². The minimum atomic E-state index is -0.384. The second kappa shape index (κ2) is 4.05. The molecule has 4 nitrogen and oxygen atoms in total. The number of fused-ring (bicyclic) bond motifs is 1. The number of phenolic OH excluding ortho intramolecular Hbond substituents is 1. The number of Topliss-reactive ketones (excluding diaryl/α,β-unsaturated/α-hetero) is 1. The van der Waals surface area contributed by atoms with Gasteiger partial charge in [-0.25, -0.2) is 0 Å². The maximum atomic E-state index is 11.6. The molecule has 0 unspecified atom stereocenters. The average Bonchev–Trinajstić information content (AvgIpc) is 2.27. The molecule has 0 aliphatic carbocycles. The zero-order valence-corrected chi connectivity index (χ0v) is 9.70. The fourth-order valence-corrected chi connectivity index (χ4v) is 2.07. The maximum absolute atomic E-state index is 11.6. The Hall–Kier alpha value is -2.10. The number of aromatic nitrogens is 1. The van der Waals surface area contributed by atoms with Gasteiger partial charge in [0.15, 0.2) is 5.78 Å². The number of hydrogen-bond donors (Lipinski definition) is 2. The van der Waals surface area contributed by atoms with Gasteiger partial charge in [-0.15, -0.1) is 0 Å². The van der Waals surface area contributed by atoms with Crippen LogP contribution in [0.2, 0.25) is 0 Å². The third kappa shape index (κ3) is 1.71. The third-order valence-corrected chi connectivity index (χ3v) is 2.85. The van der Waals surface area contributed by atoms with Crippen molar-refractivity contribution in [3.05, 3.63) is 39.8 Å². The van der Waals surface area contributed by atoms with Crippen LogP contribution < -0.4 is 5.56 Å². The Morgan fingerprint density at radius 3 is 2.76 bits per heavy atom. The van der Waals surface area contributed by atoms with Crippen molar-refractivity contribution in [2.24, 2.45) is 0 Å². The van der Waals surface area contributed by atoms with Gasteiger partial charge in [-0.05, 0) is 36.4 Å². The van der Waals surface area contributed by atoms with E-state index < -0.39 is 0 Å². The third-order valence-electron chi connectivity index (χ3n) is 2.85. The van der Waals surface area contributed by atoms with Crippen LogP contribution in [0, 0.1) is 0 Å². The zero-order chi connectivity index (χ0) is 12.6. The second-order valence-corrected chi connectivity index (χ2v) is 3.94. The minimum Gasteiger partial charge on any atom is -0.506 e. The highest BCUT2D eigenvalue weighted by Gasteiger charge is 2.17. The highest BCUT2D eigenvalue weighted by molar-refractivity contribution is 6.04. The number of aromatic amines is 1. The van der Waals surface area contributed by atoms with E-state index in [1.54, 1.807) is 12.1 Å². The summed E-state index contributed by atoms with van der Waals surface area (Å²) in [6.45, 7) is 3.29. The minimum absolute atomic E-state index is 0.176. The van der Waals surface area contributed by atoms with E-state index in [-0.39, 0.29) is 28.0 Å². The number of carbonyl (C=O) groups is 1.